The summed E-state index contributed by atoms with van der Waals surface area (Å²) >= 11 is 0. The predicted octanol–water partition coefficient (Wildman–Crippen LogP) is 2.66. The molecule has 4 rings (SSSR count). The van der Waals surface area contributed by atoms with Crippen molar-refractivity contribution in [1.82, 2.24) is 0 Å². The molecule has 0 unspecified atom stereocenters. The first kappa shape index (κ1) is 32.9. The van der Waals surface area contributed by atoms with Crippen LogP contribution in [0.5, 0.6) is 0 Å². The van der Waals surface area contributed by atoms with Crippen LogP contribution in [0.3, 0.4) is 0 Å². The van der Waals surface area contributed by atoms with Gasteiger partial charge in [0.1, 0.15) is 4.90 Å². The van der Waals surface area contributed by atoms with E-state index in [2.05, 4.69) is 10.6 Å². The van der Waals surface area contributed by atoms with Crippen LogP contribution in [0.15, 0.2) is 88.7 Å². The normalized spacial score (nSPS) is 11.1. The molecular weight excluding hydrogens is 568 g/mol. The van der Waals surface area contributed by atoms with Gasteiger partial charge < -0.3 is 16.4 Å². The van der Waals surface area contributed by atoms with E-state index in [0.29, 0.717) is 23.0 Å². The quantitative estimate of drug-likeness (QED) is 0.128. The fourth-order valence-corrected chi connectivity index (χ4v) is 4.83. The molecule has 11 nitrogen and oxygen atoms in total. The summed E-state index contributed by atoms with van der Waals surface area (Å²) in [5, 5.41) is 5.29. The molecule has 39 heavy (non-hydrogen) atoms. The molecule has 0 aliphatic rings. The van der Waals surface area contributed by atoms with Crippen LogP contribution < -0.4 is 16.4 Å². The van der Waals surface area contributed by atoms with Gasteiger partial charge in [0.2, 0.25) is 0 Å². The maximum absolute atomic E-state index is 12.7. The van der Waals surface area contributed by atoms with Crippen LogP contribution in [0.1, 0.15) is 20.7 Å². The number of hydrogen-bond acceptors (Lipinski definition) is 7. The molecule has 0 bridgehead atoms. The number of nitrogen functional groups attached to an aromatic ring is 1. The minimum atomic E-state index is -4.88. The molecule has 0 aromatic heterocycles. The summed E-state index contributed by atoms with van der Waals surface area (Å²) in [5.41, 5.74) is 7.36. The number of carbonyl (C=O) groups excluding carboxylic acids is 2. The molecule has 0 saturated carbocycles. The molecule has 0 heterocycles. The zero-order chi connectivity index (χ0) is 27.0. The van der Waals surface area contributed by atoms with Crippen molar-refractivity contribution < 1.29 is 35.5 Å². The predicted molar refractivity (Wildman–Crippen MR) is 148 cm³/mol. The molecule has 0 saturated heterocycles. The van der Waals surface area contributed by atoms with E-state index in [9.17, 15) is 35.5 Å². The Morgan fingerprint density at radius 2 is 1.13 bits per heavy atom. The zero-order valence-corrected chi connectivity index (χ0v) is 26.4. The van der Waals surface area contributed by atoms with Gasteiger partial charge in [-0.25, -0.2) is 0 Å². The van der Waals surface area contributed by atoms with Crippen LogP contribution in [0, 0.1) is 0 Å². The molecule has 6 N–H and O–H groups in total. The Hall–Kier alpha value is -2.30. The number of hydrogen-bond donors (Lipinski definition) is 5. The Kier molecular flexibility index (Phi) is 10.9. The van der Waals surface area contributed by atoms with Gasteiger partial charge in [0.05, 0.1) is 4.90 Å². The van der Waals surface area contributed by atoms with Crippen molar-refractivity contribution in [2.24, 2.45) is 0 Å². The van der Waals surface area contributed by atoms with Gasteiger partial charge in [-0.2, -0.15) is 16.8 Å². The van der Waals surface area contributed by atoms with E-state index in [1.165, 1.54) is 42.5 Å². The molecule has 15 heteroatoms. The summed E-state index contributed by atoms with van der Waals surface area (Å²) in [6, 6.07) is 17.9. The number of nitrogens with two attached hydrogens (primary N) is 1. The smallest absolute Gasteiger partial charge is 0.295 e. The van der Waals surface area contributed by atoms with E-state index in [-0.39, 0.29) is 87.0 Å². The van der Waals surface area contributed by atoms with Gasteiger partial charge in [-0.05, 0) is 78.2 Å². The van der Waals surface area contributed by atoms with Gasteiger partial charge in [-0.1, -0.05) is 6.07 Å². The Labute approximate surface area is 268 Å². The first-order valence-corrected chi connectivity index (χ1v) is 13.3. The van der Waals surface area contributed by atoms with Crippen LogP contribution in [0.2, 0.25) is 0 Å². The van der Waals surface area contributed by atoms with Gasteiger partial charge in [0.15, 0.2) is 0 Å². The van der Waals surface area contributed by atoms with E-state index in [4.69, 9.17) is 5.73 Å². The second-order valence-corrected chi connectivity index (χ2v) is 10.7. The van der Waals surface area contributed by atoms with E-state index in [0.717, 1.165) is 6.07 Å². The standard InChI is InChI=1S/C24H19N3O8S2.2Na/c25-17-6-1-14(2-7-17)23(28)26-18-8-3-15(4-9-18)24(29)27-19-10-5-16-11-20(36(30,31)32)13-22(21(16)12-19)37(33,34)35;;/h1-13H,25H2,(H,26,28)(H,27,29)(H,30,31,32)(H,33,34,35);;. The van der Waals surface area contributed by atoms with E-state index in [1.54, 1.807) is 24.3 Å². The van der Waals surface area contributed by atoms with Gasteiger partial charge in [-0.15, -0.1) is 0 Å². The third-order valence-corrected chi connectivity index (χ3v) is 7.03. The van der Waals surface area contributed by atoms with Crippen molar-refractivity contribution in [3.8, 4) is 0 Å². The number of benzene rings is 4. The molecular formula is C24H19N3Na2O8S2. The second-order valence-electron chi connectivity index (χ2n) is 7.92. The topological polar surface area (TPSA) is 193 Å². The van der Waals surface area contributed by atoms with Crippen LogP contribution in [0.25, 0.3) is 10.8 Å². The van der Waals surface area contributed by atoms with E-state index in [1.807, 2.05) is 0 Å². The number of fused-ring (bicyclic) bond motifs is 1. The third-order valence-electron chi connectivity index (χ3n) is 5.30. The molecule has 4 aromatic rings. The van der Waals surface area contributed by atoms with Gasteiger partial charge >= 0.3 is 0 Å². The summed E-state index contributed by atoms with van der Waals surface area (Å²) in [4.78, 5) is 23.6. The molecule has 192 valence electrons. The largest absolute Gasteiger partial charge is 0.399 e. The Balaban J connectivity index is 0.00000267. The van der Waals surface area contributed by atoms with Crippen molar-refractivity contribution >= 4 is 119 Å². The SMILES string of the molecule is Nc1ccc(C(=O)Nc2ccc(C(=O)Nc3ccc4cc(S(=O)(=O)O)cc(S(=O)(=O)O)c4c3)cc2)cc1.[Na].[Na]. The number of anilines is 3. The summed E-state index contributed by atoms with van der Waals surface area (Å²) in [7, 11) is -9.62. The van der Waals surface area contributed by atoms with Gasteiger partial charge in [0, 0.05) is 92.7 Å². The molecule has 0 spiro atoms. The first-order chi connectivity index (χ1) is 17.3. The molecule has 0 fully saturated rings. The molecule has 0 aliphatic heterocycles. The Morgan fingerprint density at radius 1 is 0.641 bits per heavy atom. The van der Waals surface area contributed by atoms with Crippen molar-refractivity contribution in [3.05, 3.63) is 90.0 Å². The van der Waals surface area contributed by atoms with Gasteiger partial charge in [-0.3, -0.25) is 18.7 Å². The average molecular weight is 588 g/mol. The number of amides is 2. The van der Waals surface area contributed by atoms with Crippen LogP contribution in [-0.4, -0.2) is 96.9 Å². The maximum Gasteiger partial charge on any atom is 0.295 e. The third kappa shape index (κ3) is 8.11. The van der Waals surface area contributed by atoms with Crippen LogP contribution >= 0.6 is 0 Å². The Morgan fingerprint density at radius 3 is 1.64 bits per heavy atom. The van der Waals surface area contributed by atoms with Crippen molar-refractivity contribution in [3.63, 3.8) is 0 Å². The summed E-state index contributed by atoms with van der Waals surface area (Å²) in [6.07, 6.45) is 0. The van der Waals surface area contributed by atoms with E-state index >= 15 is 0 Å². The average Bonchev–Trinajstić information content (AvgIpc) is 2.83. The monoisotopic (exact) mass is 587 g/mol. The number of rotatable bonds is 6. The number of nitrogens with one attached hydrogen (secondary N) is 2. The van der Waals surface area contributed by atoms with Crippen molar-refractivity contribution in [2.45, 2.75) is 9.79 Å². The minimum Gasteiger partial charge on any atom is -0.399 e. The molecule has 0 atom stereocenters. The fraction of sp³-hybridized carbons (Fsp3) is 0. The van der Waals surface area contributed by atoms with Crippen molar-refractivity contribution in [2.75, 3.05) is 16.4 Å². The summed E-state index contributed by atoms with van der Waals surface area (Å²) in [5.74, 6) is -0.918. The number of carbonyl (C=O) groups is 2. The minimum absolute atomic E-state index is 0. The zero-order valence-electron chi connectivity index (χ0n) is 20.7. The molecule has 0 aliphatic carbocycles. The molecule has 4 aromatic carbocycles. The second kappa shape index (κ2) is 12.9. The first-order valence-electron chi connectivity index (χ1n) is 10.4. The summed E-state index contributed by atoms with van der Waals surface area (Å²) < 4.78 is 65.5. The van der Waals surface area contributed by atoms with E-state index < -0.39 is 35.9 Å². The fourth-order valence-electron chi connectivity index (χ4n) is 3.48. The summed E-state index contributed by atoms with van der Waals surface area (Å²) in [6.45, 7) is 0. The van der Waals surface area contributed by atoms with Crippen LogP contribution in [0.4, 0.5) is 17.1 Å². The molecule has 2 amide bonds. The Bertz CT molecular complexity index is 1760. The maximum atomic E-state index is 12.7. The van der Waals surface area contributed by atoms with Crippen LogP contribution in [-0.2, 0) is 20.2 Å². The van der Waals surface area contributed by atoms with Gasteiger partial charge in [0.25, 0.3) is 32.1 Å². The van der Waals surface area contributed by atoms with Crippen molar-refractivity contribution in [1.29, 1.82) is 0 Å². The molecule has 2 radical (unpaired) electrons.